The van der Waals surface area contributed by atoms with Crippen molar-refractivity contribution < 1.29 is 14.3 Å². The van der Waals surface area contributed by atoms with E-state index in [1.54, 1.807) is 23.9 Å². The average molecular weight is 513 g/mol. The van der Waals surface area contributed by atoms with E-state index in [0.29, 0.717) is 19.0 Å². The van der Waals surface area contributed by atoms with Gasteiger partial charge in [-0.05, 0) is 47.5 Å². The number of nitrogens with zero attached hydrogens (tertiary/aromatic N) is 3. The molecule has 0 rings (SSSR count). The molecule has 9 heteroatoms. The van der Waals surface area contributed by atoms with Gasteiger partial charge in [-0.15, -0.1) is 24.0 Å². The Morgan fingerprint density at radius 1 is 1.07 bits per heavy atom. The Hall–Kier alpha value is -1.26. The summed E-state index contributed by atoms with van der Waals surface area (Å²) < 4.78 is 5.36. The first kappa shape index (κ1) is 28.9. The zero-order valence-electron chi connectivity index (χ0n) is 19.2. The maximum Gasteiger partial charge on any atom is 0.410 e. The van der Waals surface area contributed by atoms with Gasteiger partial charge in [0.2, 0.25) is 5.91 Å². The summed E-state index contributed by atoms with van der Waals surface area (Å²) in [5, 5.41) is 6.18. The highest BCUT2D eigenvalue weighted by Crippen LogP contribution is 2.10. The number of aliphatic imine (C=N–C) groups is 1. The number of likely N-dealkylation sites (N-methyl/N-ethyl adjacent to an activating group) is 1. The molecule has 0 aromatic heterocycles. The van der Waals surface area contributed by atoms with Crippen LogP contribution in [0, 0.1) is 5.92 Å². The number of rotatable bonds is 6. The van der Waals surface area contributed by atoms with Gasteiger partial charge in [-0.1, -0.05) is 6.92 Å². The first-order valence-corrected chi connectivity index (χ1v) is 9.31. The second-order valence-electron chi connectivity index (χ2n) is 9.05. The second kappa shape index (κ2) is 12.3. The Morgan fingerprint density at radius 3 is 2.04 bits per heavy atom. The van der Waals surface area contributed by atoms with Gasteiger partial charge in [0.1, 0.15) is 5.60 Å². The van der Waals surface area contributed by atoms with Gasteiger partial charge >= 0.3 is 6.09 Å². The van der Waals surface area contributed by atoms with E-state index in [2.05, 4.69) is 15.6 Å². The van der Waals surface area contributed by atoms with Gasteiger partial charge in [-0.3, -0.25) is 9.79 Å². The Kier molecular flexibility index (Phi) is 12.8. The highest BCUT2D eigenvalue weighted by molar-refractivity contribution is 14.0. The normalized spacial score (nSPS) is 13.1. The largest absolute Gasteiger partial charge is 0.444 e. The van der Waals surface area contributed by atoms with Gasteiger partial charge < -0.3 is 25.2 Å². The van der Waals surface area contributed by atoms with Gasteiger partial charge in [0, 0.05) is 39.8 Å². The van der Waals surface area contributed by atoms with Crippen LogP contribution >= 0.6 is 24.0 Å². The van der Waals surface area contributed by atoms with Crippen molar-refractivity contribution in [2.24, 2.45) is 10.9 Å². The van der Waals surface area contributed by atoms with Crippen molar-refractivity contribution in [2.45, 2.75) is 59.6 Å². The Labute approximate surface area is 187 Å². The highest BCUT2D eigenvalue weighted by Gasteiger charge is 2.21. The minimum atomic E-state index is -0.509. The maximum absolute atomic E-state index is 12.1. The first-order valence-electron chi connectivity index (χ1n) is 9.31. The van der Waals surface area contributed by atoms with Crippen molar-refractivity contribution in [3.05, 3.63) is 0 Å². The van der Waals surface area contributed by atoms with Crippen LogP contribution in [0.4, 0.5) is 4.79 Å². The fraction of sp³-hybridized carbons (Fsp3) is 0.842. The number of ether oxygens (including phenoxy) is 1. The van der Waals surface area contributed by atoms with Crippen molar-refractivity contribution in [1.29, 1.82) is 0 Å². The van der Waals surface area contributed by atoms with Crippen molar-refractivity contribution in [3.63, 3.8) is 0 Å². The predicted molar refractivity (Wildman–Crippen MR) is 125 cm³/mol. The quantitative estimate of drug-likeness (QED) is 0.324. The van der Waals surface area contributed by atoms with Crippen LogP contribution < -0.4 is 10.6 Å². The summed E-state index contributed by atoms with van der Waals surface area (Å²) in [6.45, 7) is 14.8. The number of carbonyl (C=O) groups is 2. The number of amides is 2. The molecule has 0 saturated heterocycles. The van der Waals surface area contributed by atoms with Crippen molar-refractivity contribution in [1.82, 2.24) is 20.4 Å². The van der Waals surface area contributed by atoms with Crippen LogP contribution in [0.2, 0.25) is 0 Å². The van der Waals surface area contributed by atoms with Crippen LogP contribution in [0.25, 0.3) is 0 Å². The molecule has 8 nitrogen and oxygen atoms in total. The molecule has 0 aliphatic rings. The lowest BCUT2D eigenvalue weighted by atomic mass is 10.1. The van der Waals surface area contributed by atoms with Crippen LogP contribution in [0.15, 0.2) is 4.99 Å². The lowest BCUT2D eigenvalue weighted by Crippen LogP contribution is -2.49. The number of halogens is 1. The van der Waals surface area contributed by atoms with E-state index in [1.807, 2.05) is 55.5 Å². The summed E-state index contributed by atoms with van der Waals surface area (Å²) in [7, 11) is 5.22. The summed E-state index contributed by atoms with van der Waals surface area (Å²) in [4.78, 5) is 31.7. The fourth-order valence-electron chi connectivity index (χ4n) is 2.34. The lowest BCUT2D eigenvalue weighted by molar-refractivity contribution is -0.122. The topological polar surface area (TPSA) is 86.3 Å². The molecule has 0 heterocycles. The molecular weight excluding hydrogens is 473 g/mol. The molecule has 1 atom stereocenters. The van der Waals surface area contributed by atoms with Crippen LogP contribution in [0.1, 0.15) is 48.5 Å². The molecule has 1 unspecified atom stereocenters. The molecule has 0 aromatic rings. The Bertz CT molecular complexity index is 527. The Morgan fingerprint density at radius 2 is 1.61 bits per heavy atom. The third-order valence-corrected chi connectivity index (χ3v) is 3.37. The standard InChI is InChI=1S/C19H39N5O3.HI/c1-14(12-24(10)17(26)27-19(5,6)7)11-21-16(20-8)23(9)13-15(25)22-18(2,3)4;/h14H,11-13H2,1-10H3,(H,20,21)(H,22,25);1H. The summed E-state index contributed by atoms with van der Waals surface area (Å²) in [6.07, 6.45) is -0.338. The molecule has 0 bridgehead atoms. The first-order chi connectivity index (χ1) is 12.1. The molecule has 0 aromatic carbocycles. The summed E-state index contributed by atoms with van der Waals surface area (Å²) in [5.74, 6) is 0.743. The molecule has 0 spiro atoms. The number of guanidine groups is 1. The fourth-order valence-corrected chi connectivity index (χ4v) is 2.34. The average Bonchev–Trinajstić information content (AvgIpc) is 2.43. The van der Waals surface area contributed by atoms with E-state index >= 15 is 0 Å². The van der Waals surface area contributed by atoms with E-state index in [-0.39, 0.29) is 54.0 Å². The summed E-state index contributed by atoms with van der Waals surface area (Å²) >= 11 is 0. The van der Waals surface area contributed by atoms with Gasteiger partial charge in [-0.25, -0.2) is 4.79 Å². The minimum absolute atomic E-state index is 0. The van der Waals surface area contributed by atoms with Crippen LogP contribution in [-0.4, -0.2) is 79.7 Å². The van der Waals surface area contributed by atoms with E-state index < -0.39 is 5.60 Å². The van der Waals surface area contributed by atoms with Gasteiger partial charge in [0.25, 0.3) is 0 Å². The zero-order chi connectivity index (χ0) is 21.4. The Balaban J connectivity index is 0. The molecule has 0 radical (unpaired) electrons. The number of hydrogen-bond donors (Lipinski definition) is 2. The van der Waals surface area contributed by atoms with Crippen LogP contribution in [-0.2, 0) is 9.53 Å². The highest BCUT2D eigenvalue weighted by atomic mass is 127. The summed E-state index contributed by atoms with van der Waals surface area (Å²) in [5.41, 5.74) is -0.777. The third-order valence-electron chi connectivity index (χ3n) is 3.37. The minimum Gasteiger partial charge on any atom is -0.444 e. The number of nitrogens with one attached hydrogen (secondary N) is 2. The molecule has 0 aliphatic heterocycles. The van der Waals surface area contributed by atoms with Gasteiger partial charge in [-0.2, -0.15) is 0 Å². The molecule has 2 amide bonds. The molecule has 0 aliphatic carbocycles. The van der Waals surface area contributed by atoms with E-state index in [9.17, 15) is 9.59 Å². The van der Waals surface area contributed by atoms with Crippen molar-refractivity contribution in [3.8, 4) is 0 Å². The number of hydrogen-bond acceptors (Lipinski definition) is 4. The zero-order valence-corrected chi connectivity index (χ0v) is 21.5. The van der Waals surface area contributed by atoms with Gasteiger partial charge in [0.05, 0.1) is 6.54 Å². The van der Waals surface area contributed by atoms with E-state index in [4.69, 9.17) is 4.74 Å². The van der Waals surface area contributed by atoms with Crippen LogP contribution in [0.5, 0.6) is 0 Å². The van der Waals surface area contributed by atoms with Crippen molar-refractivity contribution >= 4 is 41.9 Å². The van der Waals surface area contributed by atoms with Crippen LogP contribution in [0.3, 0.4) is 0 Å². The third kappa shape index (κ3) is 13.8. The molecule has 28 heavy (non-hydrogen) atoms. The smallest absolute Gasteiger partial charge is 0.410 e. The summed E-state index contributed by atoms with van der Waals surface area (Å²) in [6, 6.07) is 0. The molecule has 2 N–H and O–H groups in total. The number of carbonyl (C=O) groups excluding carboxylic acids is 2. The monoisotopic (exact) mass is 513 g/mol. The predicted octanol–water partition coefficient (Wildman–Crippen LogP) is 2.53. The maximum atomic E-state index is 12.1. The molecule has 166 valence electrons. The molecule has 0 fully saturated rings. The second-order valence-corrected chi connectivity index (χ2v) is 9.05. The van der Waals surface area contributed by atoms with E-state index in [0.717, 1.165) is 0 Å². The SMILES string of the molecule is CN=C(NCC(C)CN(C)C(=O)OC(C)(C)C)N(C)CC(=O)NC(C)(C)C.I. The molecule has 0 saturated carbocycles. The van der Waals surface area contributed by atoms with Gasteiger partial charge in [0.15, 0.2) is 5.96 Å². The van der Waals surface area contributed by atoms with Crippen molar-refractivity contribution in [2.75, 3.05) is 40.8 Å². The lowest BCUT2D eigenvalue weighted by Gasteiger charge is -2.28. The molecular formula is C19H40IN5O3. The van der Waals surface area contributed by atoms with E-state index in [1.165, 1.54) is 0 Å².